The van der Waals surface area contributed by atoms with Gasteiger partial charge in [0.2, 0.25) is 17.7 Å². The number of benzene rings is 1. The van der Waals surface area contributed by atoms with E-state index >= 15 is 0 Å². The largest absolute Gasteiger partial charge is 0.342 e. The summed E-state index contributed by atoms with van der Waals surface area (Å²) in [7, 11) is 3.75. The monoisotopic (exact) mass is 447 g/mol. The maximum Gasteiger partial charge on any atom is 0.240 e. The lowest BCUT2D eigenvalue weighted by Crippen LogP contribution is -2.47. The van der Waals surface area contributed by atoms with E-state index in [1.807, 2.05) is 19.0 Å². The predicted octanol–water partition coefficient (Wildman–Crippen LogP) is 2.12. The third kappa shape index (κ3) is 4.83. The molecule has 168 valence electrons. The molecule has 1 aromatic rings. The van der Waals surface area contributed by atoms with Crippen molar-refractivity contribution in [2.75, 3.05) is 40.3 Å². The highest BCUT2D eigenvalue weighted by molar-refractivity contribution is 6.32. The van der Waals surface area contributed by atoms with Gasteiger partial charge in [0.05, 0.1) is 5.41 Å². The fourth-order valence-electron chi connectivity index (χ4n) is 4.53. The van der Waals surface area contributed by atoms with Gasteiger partial charge in [0.25, 0.3) is 0 Å². The number of carbonyl (C=O) groups is 4. The molecule has 0 saturated carbocycles. The topological polar surface area (TPSA) is 78.0 Å². The van der Waals surface area contributed by atoms with Crippen LogP contribution in [0.15, 0.2) is 24.3 Å². The van der Waals surface area contributed by atoms with E-state index < -0.39 is 5.41 Å². The number of amides is 3. The van der Waals surface area contributed by atoms with Crippen LogP contribution in [0, 0.1) is 5.92 Å². The fourth-order valence-corrected chi connectivity index (χ4v) is 4.84. The summed E-state index contributed by atoms with van der Waals surface area (Å²) >= 11 is 6.46. The first-order valence-electron chi connectivity index (χ1n) is 10.7. The molecule has 2 atom stereocenters. The van der Waals surface area contributed by atoms with Gasteiger partial charge < -0.3 is 9.80 Å². The Balaban J connectivity index is 1.92. The van der Waals surface area contributed by atoms with E-state index in [9.17, 15) is 19.2 Å². The van der Waals surface area contributed by atoms with Gasteiger partial charge in [0, 0.05) is 50.0 Å². The van der Waals surface area contributed by atoms with Crippen molar-refractivity contribution in [3.63, 3.8) is 0 Å². The smallest absolute Gasteiger partial charge is 0.240 e. The Morgan fingerprint density at radius 2 is 1.94 bits per heavy atom. The van der Waals surface area contributed by atoms with Crippen LogP contribution < -0.4 is 0 Å². The summed E-state index contributed by atoms with van der Waals surface area (Å²) in [5.41, 5.74) is -0.807. The minimum atomic E-state index is -1.32. The Labute approximate surface area is 188 Å². The van der Waals surface area contributed by atoms with Gasteiger partial charge in [-0.3, -0.25) is 24.1 Å². The van der Waals surface area contributed by atoms with Gasteiger partial charge in [-0.2, -0.15) is 0 Å². The third-order valence-corrected chi connectivity index (χ3v) is 6.70. The molecule has 0 aromatic heterocycles. The standard InChI is InChI=1S/C23H30ClN3O4/c1-16(28)17-7-6-10-26(15-17)20(29)13-23(18-8-4-5-9-19(18)24)14-21(30)27(22(23)31)12-11-25(2)3/h4-5,8-9,17H,6-7,10-15H2,1-3H3/t17-,23+/m1/s1. The summed E-state index contributed by atoms with van der Waals surface area (Å²) in [5, 5.41) is 0.367. The van der Waals surface area contributed by atoms with Crippen molar-refractivity contribution in [3.8, 4) is 0 Å². The van der Waals surface area contributed by atoms with Gasteiger partial charge in [0.1, 0.15) is 5.78 Å². The summed E-state index contributed by atoms with van der Waals surface area (Å²) in [5.74, 6) is -0.992. The molecule has 7 nitrogen and oxygen atoms in total. The lowest BCUT2D eigenvalue weighted by molar-refractivity contribution is -0.143. The quantitative estimate of drug-likeness (QED) is 0.598. The number of imide groups is 1. The van der Waals surface area contributed by atoms with Crippen LogP contribution in [0.4, 0.5) is 0 Å². The molecule has 2 aliphatic heterocycles. The fraction of sp³-hybridized carbons (Fsp3) is 0.565. The highest BCUT2D eigenvalue weighted by atomic mass is 35.5. The van der Waals surface area contributed by atoms with E-state index in [1.165, 1.54) is 4.90 Å². The second-order valence-electron chi connectivity index (χ2n) is 8.86. The van der Waals surface area contributed by atoms with Gasteiger partial charge in [-0.05, 0) is 45.5 Å². The van der Waals surface area contributed by atoms with Crippen LogP contribution in [0.2, 0.25) is 5.02 Å². The van der Waals surface area contributed by atoms with Crippen LogP contribution in [0.1, 0.15) is 38.2 Å². The van der Waals surface area contributed by atoms with E-state index in [0.29, 0.717) is 30.2 Å². The minimum absolute atomic E-state index is 0.0697. The van der Waals surface area contributed by atoms with E-state index in [-0.39, 0.29) is 48.8 Å². The van der Waals surface area contributed by atoms with Crippen molar-refractivity contribution < 1.29 is 19.2 Å². The van der Waals surface area contributed by atoms with Crippen molar-refractivity contribution in [1.29, 1.82) is 0 Å². The van der Waals surface area contributed by atoms with Gasteiger partial charge in [-0.15, -0.1) is 0 Å². The maximum absolute atomic E-state index is 13.6. The van der Waals surface area contributed by atoms with E-state index in [4.69, 9.17) is 11.6 Å². The first kappa shape index (κ1) is 23.4. The number of likely N-dealkylation sites (N-methyl/N-ethyl adjacent to an activating group) is 1. The van der Waals surface area contributed by atoms with Crippen LogP contribution in [-0.4, -0.2) is 78.5 Å². The molecule has 0 unspecified atom stereocenters. The first-order valence-corrected chi connectivity index (χ1v) is 11.1. The molecule has 0 spiro atoms. The number of carbonyl (C=O) groups excluding carboxylic acids is 4. The summed E-state index contributed by atoms with van der Waals surface area (Å²) in [6.45, 7) is 3.26. The second-order valence-corrected chi connectivity index (χ2v) is 9.27. The lowest BCUT2D eigenvalue weighted by Gasteiger charge is -2.35. The molecule has 2 heterocycles. The van der Waals surface area contributed by atoms with Gasteiger partial charge in [-0.25, -0.2) is 0 Å². The maximum atomic E-state index is 13.6. The third-order valence-electron chi connectivity index (χ3n) is 6.37. The van der Waals surface area contributed by atoms with E-state index in [2.05, 4.69) is 0 Å². The normalized spacial score (nSPS) is 24.2. The van der Waals surface area contributed by atoms with E-state index in [0.717, 1.165) is 12.8 Å². The number of nitrogens with zero attached hydrogens (tertiary/aromatic N) is 3. The van der Waals surface area contributed by atoms with Crippen molar-refractivity contribution >= 4 is 35.1 Å². The molecule has 3 rings (SSSR count). The molecule has 3 amide bonds. The molecule has 0 N–H and O–H groups in total. The van der Waals surface area contributed by atoms with Crippen LogP contribution >= 0.6 is 11.6 Å². The molecule has 2 fully saturated rings. The molecular weight excluding hydrogens is 418 g/mol. The highest BCUT2D eigenvalue weighted by Gasteiger charge is 2.54. The molecule has 2 aliphatic rings. The van der Waals surface area contributed by atoms with Gasteiger partial charge >= 0.3 is 0 Å². The Morgan fingerprint density at radius 3 is 2.58 bits per heavy atom. The molecule has 1 aromatic carbocycles. The number of likely N-dealkylation sites (tertiary alicyclic amines) is 2. The number of ketones is 1. The molecule has 31 heavy (non-hydrogen) atoms. The lowest BCUT2D eigenvalue weighted by atomic mass is 9.75. The van der Waals surface area contributed by atoms with Gasteiger partial charge in [-0.1, -0.05) is 29.8 Å². The molecule has 0 aliphatic carbocycles. The number of piperidine rings is 1. The van der Waals surface area contributed by atoms with Crippen LogP contribution in [0.25, 0.3) is 0 Å². The Hall–Kier alpha value is -2.25. The first-order chi connectivity index (χ1) is 14.7. The van der Waals surface area contributed by atoms with Crippen molar-refractivity contribution in [1.82, 2.24) is 14.7 Å². The molecule has 2 saturated heterocycles. The summed E-state index contributed by atoms with van der Waals surface area (Å²) in [4.78, 5) is 56.4. The molecule has 0 bridgehead atoms. The Bertz CT molecular complexity index is 887. The zero-order valence-corrected chi connectivity index (χ0v) is 19.2. The van der Waals surface area contributed by atoms with Crippen LogP contribution in [0.3, 0.4) is 0 Å². The number of Topliss-reactive ketones (excluding diaryl/α,β-unsaturated/α-hetero) is 1. The van der Waals surface area contributed by atoms with E-state index in [1.54, 1.807) is 36.1 Å². The number of halogens is 1. The molecular formula is C23H30ClN3O4. The number of hydrogen-bond donors (Lipinski definition) is 0. The molecule has 0 radical (unpaired) electrons. The van der Waals surface area contributed by atoms with Crippen molar-refractivity contribution in [2.45, 2.75) is 38.0 Å². The van der Waals surface area contributed by atoms with Gasteiger partial charge in [0.15, 0.2) is 0 Å². The second kappa shape index (κ2) is 9.49. The van der Waals surface area contributed by atoms with Crippen molar-refractivity contribution in [3.05, 3.63) is 34.9 Å². The molecule has 8 heteroatoms. The number of hydrogen-bond acceptors (Lipinski definition) is 5. The predicted molar refractivity (Wildman–Crippen MR) is 118 cm³/mol. The minimum Gasteiger partial charge on any atom is -0.342 e. The highest BCUT2D eigenvalue weighted by Crippen LogP contribution is 2.43. The average Bonchev–Trinajstić information content (AvgIpc) is 2.96. The number of rotatable bonds is 7. The van der Waals surface area contributed by atoms with Crippen molar-refractivity contribution in [2.24, 2.45) is 5.92 Å². The summed E-state index contributed by atoms with van der Waals surface area (Å²) in [6.07, 6.45) is 1.30. The Morgan fingerprint density at radius 1 is 1.23 bits per heavy atom. The zero-order valence-electron chi connectivity index (χ0n) is 18.4. The summed E-state index contributed by atoms with van der Waals surface area (Å²) in [6, 6.07) is 6.93. The SMILES string of the molecule is CC(=O)[C@@H]1CCCN(C(=O)C[C@@]2(c3ccccc3Cl)CC(=O)N(CCN(C)C)C2=O)C1. The Kier molecular flexibility index (Phi) is 7.17. The van der Waals surface area contributed by atoms with Crippen LogP contribution in [0.5, 0.6) is 0 Å². The average molecular weight is 448 g/mol. The van der Waals surface area contributed by atoms with Crippen LogP contribution in [-0.2, 0) is 24.6 Å². The summed E-state index contributed by atoms with van der Waals surface area (Å²) < 4.78 is 0. The zero-order chi connectivity index (χ0) is 22.8.